The summed E-state index contributed by atoms with van der Waals surface area (Å²) in [6.45, 7) is 21.3. The van der Waals surface area contributed by atoms with Gasteiger partial charge >= 0.3 is 0 Å². The minimum Gasteiger partial charge on any atom is -0.306 e. The Labute approximate surface area is 131 Å². The van der Waals surface area contributed by atoms with Crippen molar-refractivity contribution >= 4 is 0 Å². The molecule has 2 heterocycles. The first-order chi connectivity index (χ1) is 9.79. The van der Waals surface area contributed by atoms with E-state index in [1.807, 2.05) is 55.4 Å². The monoisotopic (exact) mass is 290 g/mol. The highest BCUT2D eigenvalue weighted by atomic mass is 15.1. The smallest absolute Gasteiger partial charge is 0.000959 e. The number of nitrogens with zero attached hydrogens (tertiary/aromatic N) is 2. The molecule has 2 nitrogen and oxygen atoms in total. The van der Waals surface area contributed by atoms with Crippen LogP contribution in [0.1, 0.15) is 81.1 Å². The largest absolute Gasteiger partial charge is 0.306 e. The van der Waals surface area contributed by atoms with Gasteiger partial charge in [0, 0.05) is 0 Å². The molecule has 0 aromatic heterocycles. The molecule has 2 fully saturated rings. The third-order valence-corrected chi connectivity index (χ3v) is 2.66. The van der Waals surface area contributed by atoms with Gasteiger partial charge in [0.2, 0.25) is 0 Å². The van der Waals surface area contributed by atoms with Crippen LogP contribution < -0.4 is 0 Å². The summed E-state index contributed by atoms with van der Waals surface area (Å²) >= 11 is 0. The number of hydrogen-bond donors (Lipinski definition) is 0. The van der Waals surface area contributed by atoms with Crippen LogP contribution in [0.5, 0.6) is 0 Å². The van der Waals surface area contributed by atoms with Gasteiger partial charge in [-0.3, -0.25) is 0 Å². The Hall–Kier alpha value is -0.0800. The lowest BCUT2D eigenvalue weighted by molar-refractivity contribution is 0.229. The van der Waals surface area contributed by atoms with Crippen LogP contribution in [0.15, 0.2) is 0 Å². The van der Waals surface area contributed by atoms with Crippen LogP contribution in [0.4, 0.5) is 0 Å². The zero-order valence-electron chi connectivity index (χ0n) is 16.6. The zero-order valence-corrected chi connectivity index (χ0v) is 16.6. The predicted molar refractivity (Wildman–Crippen MR) is 98.9 cm³/mol. The molecular weight excluding hydrogens is 244 g/mol. The molecule has 0 N–H and O–H groups in total. The Morgan fingerprint density at radius 1 is 0.400 bits per heavy atom. The highest BCUT2D eigenvalue weighted by Crippen LogP contribution is 2.04. The highest BCUT2D eigenvalue weighted by Gasteiger charge is 2.04. The second kappa shape index (κ2) is 31.4. The molecule has 2 rings (SSSR count). The van der Waals surface area contributed by atoms with E-state index in [4.69, 9.17) is 0 Å². The van der Waals surface area contributed by atoms with Crippen molar-refractivity contribution < 1.29 is 0 Å². The van der Waals surface area contributed by atoms with Crippen molar-refractivity contribution in [2.24, 2.45) is 0 Å². The summed E-state index contributed by atoms with van der Waals surface area (Å²) in [5.41, 5.74) is 0. The molecule has 0 spiro atoms. The molecule has 0 aromatic carbocycles. The second-order valence-corrected chi connectivity index (χ2v) is 4.02. The molecule has 0 aliphatic carbocycles. The maximum atomic E-state index is 2.39. The second-order valence-electron chi connectivity index (χ2n) is 4.02. The third kappa shape index (κ3) is 26.5. The van der Waals surface area contributed by atoms with Crippen molar-refractivity contribution in [3.05, 3.63) is 0 Å². The molecule has 0 unspecified atom stereocenters. The van der Waals surface area contributed by atoms with E-state index < -0.39 is 0 Å². The van der Waals surface area contributed by atoms with Crippen LogP contribution in [0.2, 0.25) is 0 Å². The molecule has 2 aliphatic heterocycles. The van der Waals surface area contributed by atoms with Crippen molar-refractivity contribution in [3.8, 4) is 0 Å². The van der Waals surface area contributed by atoms with Gasteiger partial charge in [0.25, 0.3) is 0 Å². The van der Waals surface area contributed by atoms with Crippen molar-refractivity contribution in [3.63, 3.8) is 0 Å². The molecule has 0 radical (unpaired) electrons. The topological polar surface area (TPSA) is 6.48 Å². The Balaban J connectivity index is -0.0000000875. The number of likely N-dealkylation sites (tertiary alicyclic amines) is 2. The quantitative estimate of drug-likeness (QED) is 0.579. The van der Waals surface area contributed by atoms with Gasteiger partial charge in [0.05, 0.1) is 0 Å². The molecule has 0 amide bonds. The summed E-state index contributed by atoms with van der Waals surface area (Å²) in [5.74, 6) is 0. The van der Waals surface area contributed by atoms with E-state index in [1.54, 1.807) is 0 Å². The first-order valence-corrected chi connectivity index (χ1v) is 9.16. The number of piperidine rings is 1. The SMILES string of the molecule is CC.CC.CC.CC.CN1CCC1.CN1CCCCC1. The third-order valence-electron chi connectivity index (χ3n) is 2.66. The van der Waals surface area contributed by atoms with Crippen LogP contribution in [0.3, 0.4) is 0 Å². The van der Waals surface area contributed by atoms with E-state index in [0.717, 1.165) is 0 Å². The van der Waals surface area contributed by atoms with Crippen LogP contribution in [-0.2, 0) is 0 Å². The Bertz CT molecular complexity index is 106. The Kier molecular flexibility index (Phi) is 44.1. The summed E-state index contributed by atoms with van der Waals surface area (Å²) < 4.78 is 0. The Morgan fingerprint density at radius 3 is 0.750 bits per heavy atom. The lowest BCUT2D eigenvalue weighted by Gasteiger charge is -2.24. The molecule has 2 aliphatic rings. The molecular formula is C18H46N2. The average Bonchev–Trinajstić information content (AvgIpc) is 2.54. The van der Waals surface area contributed by atoms with Gasteiger partial charge in [-0.1, -0.05) is 61.8 Å². The van der Waals surface area contributed by atoms with Crippen LogP contribution in [0, 0.1) is 0 Å². The number of rotatable bonds is 0. The molecule has 128 valence electrons. The maximum Gasteiger partial charge on any atom is -0.000959 e. The molecule has 2 saturated heterocycles. The van der Waals surface area contributed by atoms with Crippen LogP contribution in [-0.4, -0.2) is 50.1 Å². The number of hydrogen-bond acceptors (Lipinski definition) is 2. The molecule has 0 bridgehead atoms. The van der Waals surface area contributed by atoms with E-state index in [-0.39, 0.29) is 0 Å². The summed E-state index contributed by atoms with van der Waals surface area (Å²) in [5, 5.41) is 0. The van der Waals surface area contributed by atoms with Gasteiger partial charge in [0.15, 0.2) is 0 Å². The fraction of sp³-hybridized carbons (Fsp3) is 1.00. The van der Waals surface area contributed by atoms with Gasteiger partial charge in [-0.2, -0.15) is 0 Å². The van der Waals surface area contributed by atoms with Gasteiger partial charge in [-0.15, -0.1) is 0 Å². The highest BCUT2D eigenvalue weighted by molar-refractivity contribution is 4.61. The van der Waals surface area contributed by atoms with E-state index in [1.165, 1.54) is 51.9 Å². The lowest BCUT2D eigenvalue weighted by atomic mass is 10.1. The lowest BCUT2D eigenvalue weighted by Crippen LogP contribution is -2.32. The fourth-order valence-corrected chi connectivity index (χ4v) is 1.53. The molecule has 20 heavy (non-hydrogen) atoms. The van der Waals surface area contributed by atoms with Gasteiger partial charge in [-0.25, -0.2) is 0 Å². The average molecular weight is 291 g/mol. The van der Waals surface area contributed by atoms with Crippen molar-refractivity contribution in [2.75, 3.05) is 40.3 Å². The van der Waals surface area contributed by atoms with E-state index in [0.29, 0.717) is 0 Å². The molecule has 0 aromatic rings. The van der Waals surface area contributed by atoms with Crippen molar-refractivity contribution in [1.82, 2.24) is 9.80 Å². The first-order valence-electron chi connectivity index (χ1n) is 9.16. The minimum atomic E-state index is 1.32. The van der Waals surface area contributed by atoms with Crippen LogP contribution in [0.25, 0.3) is 0 Å². The van der Waals surface area contributed by atoms with E-state index >= 15 is 0 Å². The Morgan fingerprint density at radius 2 is 0.650 bits per heavy atom. The van der Waals surface area contributed by atoms with Gasteiger partial charge < -0.3 is 9.80 Å². The van der Waals surface area contributed by atoms with E-state index in [2.05, 4.69) is 23.9 Å². The van der Waals surface area contributed by atoms with Crippen molar-refractivity contribution in [1.29, 1.82) is 0 Å². The van der Waals surface area contributed by atoms with Crippen molar-refractivity contribution in [2.45, 2.75) is 81.1 Å². The first kappa shape index (κ1) is 28.1. The standard InChI is InChI=1S/C6H13N.C4H9N.4C2H6/c1-7-5-3-2-4-6-7;1-5-3-2-4-5;4*1-2/h2-6H2,1H3;2-4H2,1H3;4*1-2H3. The molecule has 0 atom stereocenters. The summed E-state index contributed by atoms with van der Waals surface area (Å²) in [4.78, 5) is 4.70. The summed E-state index contributed by atoms with van der Waals surface area (Å²) in [7, 11) is 4.34. The van der Waals surface area contributed by atoms with Gasteiger partial charge in [0.1, 0.15) is 0 Å². The maximum absolute atomic E-state index is 2.39. The normalized spacial score (nSPS) is 16.5. The molecule has 0 saturated carbocycles. The summed E-state index contributed by atoms with van der Waals surface area (Å²) in [6, 6.07) is 0. The predicted octanol–water partition coefficient (Wildman–Crippen LogP) is 5.53. The minimum absolute atomic E-state index is 1.32. The van der Waals surface area contributed by atoms with Crippen LogP contribution >= 0.6 is 0 Å². The summed E-state index contributed by atoms with van der Waals surface area (Å²) in [6.07, 6.45) is 5.69. The fourth-order valence-electron chi connectivity index (χ4n) is 1.53. The van der Waals surface area contributed by atoms with Gasteiger partial charge in [-0.05, 0) is 59.5 Å². The zero-order chi connectivity index (χ0) is 16.8. The van der Waals surface area contributed by atoms with E-state index in [9.17, 15) is 0 Å². The molecule has 2 heteroatoms.